The standard InChI is InChI=1S/C29H22ClFN4O5.ClH/c1-35-14-19(16-4-6-17(30)7-5-16)27(36)20(15-35)28(37)33-18-8-9-23(21(31)12-18)40-24-10-11-32-22-13-25(38-2)29(39-3)34-26(22)24;/h4-15H,1-3H3,(H,33,37);1H. The summed E-state index contributed by atoms with van der Waals surface area (Å²) in [6.07, 6.45) is 4.53. The molecule has 5 aromatic rings. The molecule has 0 aliphatic heterocycles. The SMILES string of the molecule is COc1cc2nccc(Oc3ccc(NC(=O)c4cn(C)cc(-c5ccc(Cl)cc5)c4=O)cc3F)c2nc1OC.Cl. The topological polar surface area (TPSA) is 105 Å². The number of aryl methyl sites for hydroxylation is 1. The molecule has 1 N–H and O–H groups in total. The predicted octanol–water partition coefficient (Wildman–Crippen LogP) is 6.27. The Hall–Kier alpha value is -4.67. The number of hydrogen-bond donors (Lipinski definition) is 1. The quantitative estimate of drug-likeness (QED) is 0.236. The third kappa shape index (κ3) is 6.08. The number of benzene rings is 2. The van der Waals surface area contributed by atoms with Gasteiger partial charge < -0.3 is 24.1 Å². The van der Waals surface area contributed by atoms with Crippen LogP contribution in [0.5, 0.6) is 23.1 Å². The molecule has 3 aromatic heterocycles. The molecule has 12 heteroatoms. The van der Waals surface area contributed by atoms with Gasteiger partial charge in [0.2, 0.25) is 5.43 Å². The molecule has 210 valence electrons. The highest BCUT2D eigenvalue weighted by Gasteiger charge is 2.18. The lowest BCUT2D eigenvalue weighted by atomic mass is 10.0. The molecular weight excluding hydrogens is 574 g/mol. The van der Waals surface area contributed by atoms with Crippen LogP contribution in [0.3, 0.4) is 0 Å². The number of aromatic nitrogens is 3. The molecule has 9 nitrogen and oxygen atoms in total. The summed E-state index contributed by atoms with van der Waals surface area (Å²) in [7, 11) is 4.63. The fraction of sp³-hybridized carbons (Fsp3) is 0.103. The minimum absolute atomic E-state index is 0. The van der Waals surface area contributed by atoms with E-state index in [0.717, 1.165) is 6.07 Å². The molecule has 0 bridgehead atoms. The van der Waals surface area contributed by atoms with Crippen LogP contribution in [0.1, 0.15) is 10.4 Å². The molecule has 0 atom stereocenters. The fourth-order valence-electron chi connectivity index (χ4n) is 4.07. The van der Waals surface area contributed by atoms with Crippen LogP contribution in [0.4, 0.5) is 10.1 Å². The van der Waals surface area contributed by atoms with E-state index in [-0.39, 0.29) is 41.0 Å². The summed E-state index contributed by atoms with van der Waals surface area (Å²) in [5.74, 6) is -0.690. The lowest BCUT2D eigenvalue weighted by Gasteiger charge is -2.13. The maximum atomic E-state index is 15.1. The van der Waals surface area contributed by atoms with Crippen LogP contribution in [0.15, 0.2) is 78.0 Å². The van der Waals surface area contributed by atoms with Gasteiger partial charge in [0.15, 0.2) is 23.1 Å². The Morgan fingerprint density at radius 2 is 1.73 bits per heavy atom. The third-order valence-electron chi connectivity index (χ3n) is 5.98. The zero-order valence-electron chi connectivity index (χ0n) is 22.0. The molecule has 2 aromatic carbocycles. The minimum atomic E-state index is -0.744. The van der Waals surface area contributed by atoms with Gasteiger partial charge in [-0.3, -0.25) is 14.6 Å². The summed E-state index contributed by atoms with van der Waals surface area (Å²) in [5.41, 5.74) is 1.31. The van der Waals surface area contributed by atoms with Gasteiger partial charge in [-0.25, -0.2) is 9.37 Å². The lowest BCUT2D eigenvalue weighted by molar-refractivity contribution is 0.102. The van der Waals surface area contributed by atoms with Crippen molar-refractivity contribution in [2.45, 2.75) is 0 Å². The second-order valence-electron chi connectivity index (χ2n) is 8.67. The van der Waals surface area contributed by atoms with Crippen LogP contribution in [-0.2, 0) is 7.05 Å². The van der Waals surface area contributed by atoms with E-state index in [9.17, 15) is 9.59 Å². The molecule has 41 heavy (non-hydrogen) atoms. The first-order valence-corrected chi connectivity index (χ1v) is 12.3. The second kappa shape index (κ2) is 12.2. The summed E-state index contributed by atoms with van der Waals surface area (Å²) in [4.78, 5) is 34.8. The number of pyridine rings is 3. The van der Waals surface area contributed by atoms with E-state index in [1.54, 1.807) is 54.2 Å². The molecule has 0 radical (unpaired) electrons. The monoisotopic (exact) mass is 596 g/mol. The van der Waals surface area contributed by atoms with Crippen molar-refractivity contribution in [2.75, 3.05) is 19.5 Å². The molecule has 3 heterocycles. The Labute approximate surface area is 244 Å². The third-order valence-corrected chi connectivity index (χ3v) is 6.24. The first-order valence-electron chi connectivity index (χ1n) is 11.9. The van der Waals surface area contributed by atoms with E-state index >= 15 is 4.39 Å². The van der Waals surface area contributed by atoms with Crippen molar-refractivity contribution in [2.24, 2.45) is 7.05 Å². The first-order chi connectivity index (χ1) is 19.3. The first kappa shape index (κ1) is 29.3. The zero-order chi connectivity index (χ0) is 28.4. The molecule has 0 fully saturated rings. The number of methoxy groups -OCH3 is 2. The van der Waals surface area contributed by atoms with Gasteiger partial charge in [-0.2, -0.15) is 0 Å². The highest BCUT2D eigenvalue weighted by molar-refractivity contribution is 6.30. The Kier molecular flexibility index (Phi) is 8.75. The molecular formula is C29H23Cl2FN4O5. The van der Waals surface area contributed by atoms with E-state index in [1.807, 2.05) is 0 Å². The lowest BCUT2D eigenvalue weighted by Crippen LogP contribution is -2.24. The summed E-state index contributed by atoms with van der Waals surface area (Å²) in [6, 6.07) is 13.8. The Balaban J connectivity index is 0.00000387. The molecule has 1 amide bonds. The van der Waals surface area contributed by atoms with E-state index < -0.39 is 17.2 Å². The molecule has 5 rings (SSSR count). The number of nitrogens with one attached hydrogen (secondary N) is 1. The van der Waals surface area contributed by atoms with Gasteiger partial charge in [-0.15, -0.1) is 12.4 Å². The number of carbonyl (C=O) groups is 1. The number of anilines is 1. The normalized spacial score (nSPS) is 10.6. The van der Waals surface area contributed by atoms with Crippen LogP contribution in [0.2, 0.25) is 5.02 Å². The maximum absolute atomic E-state index is 15.1. The molecule has 0 saturated carbocycles. The van der Waals surface area contributed by atoms with Crippen LogP contribution in [-0.4, -0.2) is 34.7 Å². The summed E-state index contributed by atoms with van der Waals surface area (Å²) in [6.45, 7) is 0. The van der Waals surface area contributed by atoms with Gasteiger partial charge in [0.1, 0.15) is 11.1 Å². The van der Waals surface area contributed by atoms with Crippen molar-refractivity contribution in [3.05, 3.63) is 99.8 Å². The number of hydrogen-bond acceptors (Lipinski definition) is 7. The van der Waals surface area contributed by atoms with Gasteiger partial charge >= 0.3 is 0 Å². The average molecular weight is 597 g/mol. The Morgan fingerprint density at radius 3 is 2.41 bits per heavy atom. The Morgan fingerprint density at radius 1 is 0.976 bits per heavy atom. The molecule has 0 aliphatic rings. The number of rotatable bonds is 7. The van der Waals surface area contributed by atoms with Gasteiger partial charge in [-0.05, 0) is 29.8 Å². The number of carbonyl (C=O) groups excluding carboxylic acids is 1. The van der Waals surface area contributed by atoms with Crippen LogP contribution in [0.25, 0.3) is 22.2 Å². The van der Waals surface area contributed by atoms with E-state index in [1.165, 1.54) is 38.7 Å². The predicted molar refractivity (Wildman–Crippen MR) is 156 cm³/mol. The average Bonchev–Trinajstić information content (AvgIpc) is 2.95. The van der Waals surface area contributed by atoms with E-state index in [0.29, 0.717) is 32.9 Å². The molecule has 0 unspecified atom stereocenters. The van der Waals surface area contributed by atoms with Gasteiger partial charge in [0.05, 0.1) is 19.7 Å². The smallest absolute Gasteiger partial charge is 0.261 e. The number of halogens is 3. The number of nitrogens with zero attached hydrogens (tertiary/aromatic N) is 3. The van der Waals surface area contributed by atoms with Gasteiger partial charge in [-0.1, -0.05) is 23.7 Å². The van der Waals surface area contributed by atoms with Crippen molar-refractivity contribution in [1.29, 1.82) is 0 Å². The molecule has 0 spiro atoms. The van der Waals surface area contributed by atoms with Crippen molar-refractivity contribution >= 4 is 46.6 Å². The van der Waals surface area contributed by atoms with Crippen molar-refractivity contribution < 1.29 is 23.4 Å². The Bertz CT molecular complexity index is 1810. The van der Waals surface area contributed by atoms with Crippen molar-refractivity contribution in [1.82, 2.24) is 14.5 Å². The minimum Gasteiger partial charge on any atom is -0.491 e. The summed E-state index contributed by atoms with van der Waals surface area (Å²) in [5, 5.41) is 3.11. The number of amides is 1. The molecule has 0 aliphatic carbocycles. The molecule has 0 saturated heterocycles. The fourth-order valence-corrected chi connectivity index (χ4v) is 4.19. The van der Waals surface area contributed by atoms with Gasteiger partial charge in [0.25, 0.3) is 11.8 Å². The summed E-state index contributed by atoms with van der Waals surface area (Å²) >= 11 is 5.96. The highest BCUT2D eigenvalue weighted by atomic mass is 35.5. The zero-order valence-corrected chi connectivity index (χ0v) is 23.5. The van der Waals surface area contributed by atoms with Crippen molar-refractivity contribution in [3.63, 3.8) is 0 Å². The second-order valence-corrected chi connectivity index (χ2v) is 9.10. The number of fused-ring (bicyclic) bond motifs is 1. The van der Waals surface area contributed by atoms with Gasteiger partial charge in [0, 0.05) is 60.1 Å². The van der Waals surface area contributed by atoms with Crippen LogP contribution < -0.4 is 25.0 Å². The van der Waals surface area contributed by atoms with E-state index in [4.69, 9.17) is 25.8 Å². The van der Waals surface area contributed by atoms with Crippen molar-refractivity contribution in [3.8, 4) is 34.3 Å². The highest BCUT2D eigenvalue weighted by Crippen LogP contribution is 2.35. The maximum Gasteiger partial charge on any atom is 0.261 e. The summed E-state index contributed by atoms with van der Waals surface area (Å²) < 4.78 is 33.0. The number of ether oxygens (including phenoxy) is 3. The van der Waals surface area contributed by atoms with Crippen LogP contribution >= 0.6 is 24.0 Å². The van der Waals surface area contributed by atoms with Crippen LogP contribution in [0, 0.1) is 5.82 Å². The largest absolute Gasteiger partial charge is 0.491 e. The van der Waals surface area contributed by atoms with E-state index in [2.05, 4.69) is 15.3 Å².